The highest BCUT2D eigenvalue weighted by Crippen LogP contribution is 2.13. The van der Waals surface area contributed by atoms with Gasteiger partial charge in [0.25, 0.3) is 0 Å². The summed E-state index contributed by atoms with van der Waals surface area (Å²) in [7, 11) is 0. The Bertz CT molecular complexity index is 884. The van der Waals surface area contributed by atoms with E-state index in [2.05, 4.69) is 74.6 Å². The molecule has 0 aromatic carbocycles. The summed E-state index contributed by atoms with van der Waals surface area (Å²) in [5.74, 6) is -0.622. The number of carbonyl (C=O) groups is 2. The lowest BCUT2D eigenvalue weighted by Gasteiger charge is -2.15. The van der Waals surface area contributed by atoms with Gasteiger partial charge in [0.05, 0.1) is 6.61 Å². The second-order valence-corrected chi connectivity index (χ2v) is 13.7. The zero-order valence-corrected chi connectivity index (χ0v) is 32.6. The number of esters is 2. The Morgan fingerprint density at radius 1 is 0.460 bits per heavy atom. The molecular formula is C45H78O5. The third kappa shape index (κ3) is 38.4. The van der Waals surface area contributed by atoms with Crippen molar-refractivity contribution in [2.24, 2.45) is 0 Å². The second-order valence-electron chi connectivity index (χ2n) is 13.7. The minimum absolute atomic E-state index is 0.0810. The van der Waals surface area contributed by atoms with Crippen molar-refractivity contribution in [2.75, 3.05) is 13.2 Å². The van der Waals surface area contributed by atoms with Gasteiger partial charge in [-0.3, -0.25) is 9.59 Å². The third-order valence-corrected chi connectivity index (χ3v) is 8.78. The summed E-state index contributed by atoms with van der Waals surface area (Å²) < 4.78 is 10.6. The molecule has 0 radical (unpaired) electrons. The van der Waals surface area contributed by atoms with Crippen LogP contribution in [0, 0.1) is 0 Å². The molecule has 0 saturated carbocycles. The Morgan fingerprint density at radius 3 is 1.20 bits per heavy atom. The van der Waals surface area contributed by atoms with Crippen molar-refractivity contribution in [1.29, 1.82) is 0 Å². The van der Waals surface area contributed by atoms with Crippen LogP contribution in [-0.2, 0) is 19.1 Å². The Kier molecular flexibility index (Phi) is 39.1. The molecule has 0 bridgehead atoms. The molecule has 0 rings (SSSR count). The average molecular weight is 699 g/mol. The highest BCUT2D eigenvalue weighted by molar-refractivity contribution is 5.70. The van der Waals surface area contributed by atoms with Crippen molar-refractivity contribution in [3.63, 3.8) is 0 Å². The van der Waals surface area contributed by atoms with Crippen LogP contribution in [0.15, 0.2) is 60.8 Å². The van der Waals surface area contributed by atoms with Gasteiger partial charge in [-0.1, -0.05) is 158 Å². The molecule has 0 spiro atoms. The quantitative estimate of drug-likeness (QED) is 0.0397. The van der Waals surface area contributed by atoms with E-state index in [1.165, 1.54) is 96.3 Å². The molecule has 0 unspecified atom stereocenters. The third-order valence-electron chi connectivity index (χ3n) is 8.78. The van der Waals surface area contributed by atoms with Crippen LogP contribution in [-0.4, -0.2) is 36.4 Å². The van der Waals surface area contributed by atoms with Crippen LogP contribution >= 0.6 is 0 Å². The van der Waals surface area contributed by atoms with Crippen LogP contribution in [0.4, 0.5) is 0 Å². The van der Waals surface area contributed by atoms with Crippen molar-refractivity contribution in [1.82, 2.24) is 0 Å². The number of aliphatic hydroxyl groups excluding tert-OH is 1. The maximum Gasteiger partial charge on any atom is 0.306 e. The minimum atomic E-state index is -0.784. The standard InChI is InChI=1S/C45H78O5/c1-3-5-7-9-11-13-15-17-19-21-22-24-26-28-30-32-34-36-38-40-45(48)50-43(41-46)42-49-44(47)39-37-35-33-31-29-27-25-23-20-18-16-14-12-10-8-6-4-2/h11-14,17-20,25,27,43,46H,3-10,15-16,21-24,26,28-42H2,1-2H3/t43-/m0/s1. The Balaban J connectivity index is 3.60. The summed E-state index contributed by atoms with van der Waals surface area (Å²) in [6.07, 6.45) is 52.8. The second kappa shape index (κ2) is 41.0. The molecule has 0 heterocycles. The maximum absolute atomic E-state index is 12.2. The largest absolute Gasteiger partial charge is 0.462 e. The molecule has 0 aliphatic carbocycles. The van der Waals surface area contributed by atoms with Gasteiger partial charge < -0.3 is 14.6 Å². The normalized spacial score (nSPS) is 12.8. The fraction of sp³-hybridized carbons (Fsp3) is 0.733. The predicted octanol–water partition coefficient (Wildman–Crippen LogP) is 13.2. The van der Waals surface area contributed by atoms with E-state index in [0.717, 1.165) is 70.6 Å². The zero-order valence-electron chi connectivity index (χ0n) is 32.6. The number of aliphatic hydroxyl groups is 1. The molecule has 5 heteroatoms. The van der Waals surface area contributed by atoms with Gasteiger partial charge in [0, 0.05) is 12.8 Å². The van der Waals surface area contributed by atoms with E-state index in [0.29, 0.717) is 12.8 Å². The fourth-order valence-corrected chi connectivity index (χ4v) is 5.59. The fourth-order valence-electron chi connectivity index (χ4n) is 5.59. The van der Waals surface area contributed by atoms with Crippen LogP contribution in [0.25, 0.3) is 0 Å². The number of rotatable bonds is 37. The molecule has 288 valence electrons. The van der Waals surface area contributed by atoms with Gasteiger partial charge >= 0.3 is 11.9 Å². The number of hydrogen-bond donors (Lipinski definition) is 1. The molecule has 0 aliphatic heterocycles. The first kappa shape index (κ1) is 47.6. The van der Waals surface area contributed by atoms with E-state index < -0.39 is 6.10 Å². The van der Waals surface area contributed by atoms with E-state index in [-0.39, 0.29) is 25.2 Å². The van der Waals surface area contributed by atoms with Gasteiger partial charge in [-0.25, -0.2) is 0 Å². The molecule has 0 aliphatic rings. The summed E-state index contributed by atoms with van der Waals surface area (Å²) in [6, 6.07) is 0. The summed E-state index contributed by atoms with van der Waals surface area (Å²) in [5.41, 5.74) is 0. The summed E-state index contributed by atoms with van der Waals surface area (Å²) in [4.78, 5) is 24.3. The minimum Gasteiger partial charge on any atom is -0.462 e. The molecule has 0 aromatic heterocycles. The number of allylic oxidation sites excluding steroid dienone is 10. The van der Waals surface area contributed by atoms with Gasteiger partial charge in [0.15, 0.2) is 6.10 Å². The van der Waals surface area contributed by atoms with Crippen molar-refractivity contribution in [3.8, 4) is 0 Å². The molecule has 0 aromatic rings. The number of ether oxygens (including phenoxy) is 2. The molecule has 0 amide bonds. The van der Waals surface area contributed by atoms with Gasteiger partial charge in [-0.05, 0) is 83.5 Å². The average Bonchev–Trinajstić information content (AvgIpc) is 3.12. The van der Waals surface area contributed by atoms with E-state index in [1.807, 2.05) is 0 Å². The van der Waals surface area contributed by atoms with Crippen LogP contribution in [0.1, 0.15) is 194 Å². The lowest BCUT2D eigenvalue weighted by Crippen LogP contribution is -2.28. The van der Waals surface area contributed by atoms with Crippen LogP contribution in [0.3, 0.4) is 0 Å². The molecule has 0 saturated heterocycles. The number of unbranched alkanes of at least 4 members (excludes halogenated alkanes) is 19. The van der Waals surface area contributed by atoms with Crippen molar-refractivity contribution < 1.29 is 24.2 Å². The summed E-state index contributed by atoms with van der Waals surface area (Å²) >= 11 is 0. The summed E-state index contributed by atoms with van der Waals surface area (Å²) in [5, 5.41) is 9.57. The molecule has 0 fully saturated rings. The van der Waals surface area contributed by atoms with Crippen LogP contribution in [0.2, 0.25) is 0 Å². The lowest BCUT2D eigenvalue weighted by molar-refractivity contribution is -0.161. The summed E-state index contributed by atoms with van der Waals surface area (Å²) in [6.45, 7) is 4.06. The Labute approximate surface area is 309 Å². The first-order valence-electron chi connectivity index (χ1n) is 20.8. The van der Waals surface area contributed by atoms with Gasteiger partial charge in [-0.15, -0.1) is 0 Å². The topological polar surface area (TPSA) is 72.8 Å². The molecule has 5 nitrogen and oxygen atoms in total. The monoisotopic (exact) mass is 699 g/mol. The zero-order chi connectivity index (χ0) is 36.4. The van der Waals surface area contributed by atoms with Gasteiger partial charge in [0.1, 0.15) is 6.61 Å². The number of hydrogen-bond acceptors (Lipinski definition) is 5. The molecule has 1 N–H and O–H groups in total. The van der Waals surface area contributed by atoms with E-state index in [4.69, 9.17) is 9.47 Å². The predicted molar refractivity (Wildman–Crippen MR) is 214 cm³/mol. The molecule has 1 atom stereocenters. The van der Waals surface area contributed by atoms with E-state index in [9.17, 15) is 14.7 Å². The number of carbonyl (C=O) groups excluding carboxylic acids is 2. The highest BCUT2D eigenvalue weighted by Gasteiger charge is 2.16. The Hall–Kier alpha value is -2.40. The Morgan fingerprint density at radius 2 is 0.800 bits per heavy atom. The lowest BCUT2D eigenvalue weighted by atomic mass is 10.1. The van der Waals surface area contributed by atoms with Gasteiger partial charge in [0.2, 0.25) is 0 Å². The highest BCUT2D eigenvalue weighted by atomic mass is 16.6. The SMILES string of the molecule is CCCCCC=CCC=CCC=CCCCCCCC(=O)OC[C@H](CO)OC(=O)CCCCCCCCCCCC=CCC=CCCCCC. The first-order chi connectivity index (χ1) is 24.6. The first-order valence-corrected chi connectivity index (χ1v) is 20.8. The maximum atomic E-state index is 12.2. The van der Waals surface area contributed by atoms with E-state index in [1.54, 1.807) is 0 Å². The molecular weight excluding hydrogens is 620 g/mol. The smallest absolute Gasteiger partial charge is 0.306 e. The van der Waals surface area contributed by atoms with Crippen molar-refractivity contribution in [3.05, 3.63) is 60.8 Å². The van der Waals surface area contributed by atoms with Crippen LogP contribution < -0.4 is 0 Å². The van der Waals surface area contributed by atoms with Crippen LogP contribution in [0.5, 0.6) is 0 Å². The van der Waals surface area contributed by atoms with Crippen molar-refractivity contribution >= 4 is 11.9 Å². The van der Waals surface area contributed by atoms with Crippen molar-refractivity contribution in [2.45, 2.75) is 200 Å². The van der Waals surface area contributed by atoms with Gasteiger partial charge in [-0.2, -0.15) is 0 Å². The van der Waals surface area contributed by atoms with E-state index >= 15 is 0 Å². The molecule has 50 heavy (non-hydrogen) atoms.